The standard InChI is InChI=1S/C122H183N3O2S6/c1-17-27-37-47-50-56-66-90(63-53-40-30-20-4)87-123-101-81-93(73-75-99(101)100-76-74-98(86-102(100)123)121(11,12)13)107-82-94(69-59-43-33-23-7)115(130-107)116-95(70-60-44-34-24-8)83-108(131-116)103-77-79-105(128-103)113-111-112(120(127)124(113)88-91(64-54-41-31-21-5)67-57-51-48-38-28-18-2)114(125(119(111)126)89-92(65-55-42-32-22-6)68-58-52-49-39-29-19-3)106-80-78-104(129-106)109-84-96(71-61-45-35-25-9)117(132-109)118-97(72-62-46-36-26-10)85-110(133-118)122(14,15)16/h73-86,90-92H,17-72,87-89H2,1-16H3. The molecule has 9 aromatic rings. The second-order valence-electron chi connectivity index (χ2n) is 43.1. The van der Waals surface area contributed by atoms with Gasteiger partial charge in [-0.15, -0.1) is 68.0 Å². The minimum absolute atomic E-state index is 0.0427. The quantitative estimate of drug-likeness (QED) is 0.0357. The Morgan fingerprint density at radius 1 is 0.263 bits per heavy atom. The van der Waals surface area contributed by atoms with Crippen molar-refractivity contribution in [2.24, 2.45) is 17.8 Å². The molecule has 0 fully saturated rings. The summed E-state index contributed by atoms with van der Waals surface area (Å²) in [6, 6.07) is 35.0. The summed E-state index contributed by atoms with van der Waals surface area (Å²) < 4.78 is 2.81. The molecule has 5 nitrogen and oxygen atoms in total. The molecule has 9 heterocycles. The highest BCUT2D eigenvalue weighted by molar-refractivity contribution is 7.28. The molecule has 734 valence electrons. The van der Waals surface area contributed by atoms with Gasteiger partial charge in [0.15, 0.2) is 0 Å². The Morgan fingerprint density at radius 2 is 0.556 bits per heavy atom. The van der Waals surface area contributed by atoms with Gasteiger partial charge < -0.3 is 14.4 Å². The molecule has 0 saturated heterocycles. The van der Waals surface area contributed by atoms with Crippen molar-refractivity contribution in [2.45, 2.75) is 488 Å². The Labute approximate surface area is 836 Å². The van der Waals surface area contributed by atoms with Crippen molar-refractivity contribution in [1.82, 2.24) is 14.4 Å². The van der Waals surface area contributed by atoms with Crippen LogP contribution in [0.5, 0.6) is 0 Å². The van der Waals surface area contributed by atoms with E-state index in [2.05, 4.69) is 233 Å². The fourth-order valence-electron chi connectivity index (χ4n) is 21.3. The number of rotatable bonds is 69. The van der Waals surface area contributed by atoms with Crippen molar-refractivity contribution in [3.05, 3.63) is 139 Å². The number of hydrogen-bond donors (Lipinski definition) is 0. The van der Waals surface area contributed by atoms with Crippen LogP contribution in [0.1, 0.15) is 487 Å². The molecule has 7 aromatic heterocycles. The Hall–Kier alpha value is -5.14. The SMILES string of the molecule is CCCCCCCCC(CCCCCC)CN1C(=O)C2=C(c3ccc(-c4cc(CCCCCC)c(-c5sc(C(C)(C)C)cc5CCCCCC)s4)s3)N(CC(CCCCCC)CCCCCCCC)C(=O)C2=C1c1ccc(-c2cc(CCCCCC)c(-c3sc(-c4ccc5c6ccc(C(C)(C)C)cc6n(CC(CCCCCC)CCCCCCCC)c5c4)cc3CCCCCC)s2)s1. The lowest BCUT2D eigenvalue weighted by Crippen LogP contribution is -2.34. The van der Waals surface area contributed by atoms with Gasteiger partial charge in [0.25, 0.3) is 11.8 Å². The van der Waals surface area contributed by atoms with Crippen molar-refractivity contribution in [3.8, 4) is 49.5 Å². The van der Waals surface area contributed by atoms with E-state index >= 15 is 9.59 Å². The summed E-state index contributed by atoms with van der Waals surface area (Å²) in [5, 5.41) is 2.78. The third-order valence-corrected chi connectivity index (χ3v) is 37.7. The first-order chi connectivity index (χ1) is 64.7. The van der Waals surface area contributed by atoms with Crippen LogP contribution in [-0.4, -0.2) is 39.3 Å². The van der Waals surface area contributed by atoms with E-state index in [9.17, 15) is 0 Å². The summed E-state index contributed by atoms with van der Waals surface area (Å²) in [6.07, 6.45) is 69.1. The number of fused-ring (bicyclic) bond motifs is 4. The van der Waals surface area contributed by atoms with E-state index in [0.29, 0.717) is 42.0 Å². The van der Waals surface area contributed by atoms with E-state index in [1.807, 2.05) is 45.3 Å². The molecule has 0 spiro atoms. The second kappa shape index (κ2) is 56.9. The lowest BCUT2D eigenvalue weighted by molar-refractivity contribution is -0.124. The maximum absolute atomic E-state index is 17.1. The zero-order valence-corrected chi connectivity index (χ0v) is 92.0. The van der Waals surface area contributed by atoms with Crippen molar-refractivity contribution in [1.29, 1.82) is 0 Å². The van der Waals surface area contributed by atoms with Gasteiger partial charge in [0.1, 0.15) is 0 Å². The molecule has 133 heavy (non-hydrogen) atoms. The van der Waals surface area contributed by atoms with Crippen LogP contribution in [0.4, 0.5) is 0 Å². The van der Waals surface area contributed by atoms with Gasteiger partial charge in [0.05, 0.1) is 32.3 Å². The van der Waals surface area contributed by atoms with E-state index < -0.39 is 0 Å². The van der Waals surface area contributed by atoms with Crippen LogP contribution in [0.2, 0.25) is 0 Å². The van der Waals surface area contributed by atoms with E-state index in [1.165, 1.54) is 412 Å². The molecule has 0 N–H and O–H groups in total. The molecule has 0 saturated carbocycles. The molecule has 0 radical (unpaired) electrons. The average molecular weight is 1920 g/mol. The number of aryl methyl sites for hydroxylation is 4. The lowest BCUT2D eigenvalue weighted by atomic mass is 9.86. The average Bonchev–Trinajstić information content (AvgIpc) is 1.55. The third-order valence-electron chi connectivity index (χ3n) is 29.6. The maximum atomic E-state index is 17.1. The van der Waals surface area contributed by atoms with Crippen LogP contribution in [0.25, 0.3) is 82.7 Å². The van der Waals surface area contributed by atoms with Gasteiger partial charge in [0, 0.05) is 90.2 Å². The van der Waals surface area contributed by atoms with E-state index in [1.54, 1.807) is 0 Å². The van der Waals surface area contributed by atoms with Gasteiger partial charge in [-0.25, -0.2) is 0 Å². The first-order valence-corrected chi connectivity index (χ1v) is 60.6. The van der Waals surface area contributed by atoms with Crippen molar-refractivity contribution < 1.29 is 9.59 Å². The molecule has 3 atom stereocenters. The molecule has 3 unspecified atom stereocenters. The van der Waals surface area contributed by atoms with Crippen LogP contribution in [0.15, 0.2) is 96.1 Å². The smallest absolute Gasteiger partial charge is 0.261 e. The molecule has 2 aliphatic rings. The highest BCUT2D eigenvalue weighted by Crippen LogP contribution is 2.55. The number of nitrogens with zero attached hydrogens (tertiary/aromatic N) is 3. The largest absolute Gasteiger partial charge is 0.340 e. The molecule has 0 aliphatic carbocycles. The Kier molecular flexibility index (Phi) is 46.4. The number of hydrogen-bond acceptors (Lipinski definition) is 8. The van der Waals surface area contributed by atoms with Crippen molar-refractivity contribution in [3.63, 3.8) is 0 Å². The van der Waals surface area contributed by atoms with Crippen molar-refractivity contribution >= 4 is 113 Å². The summed E-state index contributed by atoms with van der Waals surface area (Å²) in [7, 11) is 0. The number of benzene rings is 2. The predicted octanol–water partition coefficient (Wildman–Crippen LogP) is 41.4. The first-order valence-electron chi connectivity index (χ1n) is 55.7. The van der Waals surface area contributed by atoms with E-state index in [0.717, 1.165) is 79.1 Å². The first kappa shape index (κ1) is 108. The summed E-state index contributed by atoms with van der Waals surface area (Å²) in [5.41, 5.74) is 14.8. The summed E-state index contributed by atoms with van der Waals surface area (Å²) in [4.78, 5) is 54.8. The van der Waals surface area contributed by atoms with Crippen molar-refractivity contribution in [2.75, 3.05) is 13.1 Å². The van der Waals surface area contributed by atoms with Crippen LogP contribution in [0, 0.1) is 17.8 Å². The minimum Gasteiger partial charge on any atom is -0.340 e. The summed E-state index contributed by atoms with van der Waals surface area (Å²) in [6.45, 7) is 40.1. The van der Waals surface area contributed by atoms with Gasteiger partial charge >= 0.3 is 0 Å². The Bertz CT molecular complexity index is 4990. The fraction of sp³-hybridized carbons (Fsp3) is 0.656. The minimum atomic E-state index is 0.0427. The van der Waals surface area contributed by atoms with Crippen LogP contribution in [0.3, 0.4) is 0 Å². The summed E-state index contributed by atoms with van der Waals surface area (Å²) >= 11 is 11.9. The molecule has 11 rings (SSSR count). The number of aromatic nitrogens is 1. The Balaban J connectivity index is 1.07. The molecule has 2 aliphatic heterocycles. The van der Waals surface area contributed by atoms with Gasteiger partial charge in [-0.2, -0.15) is 0 Å². The molecule has 2 amide bonds. The van der Waals surface area contributed by atoms with E-state index in [-0.39, 0.29) is 22.6 Å². The highest BCUT2D eigenvalue weighted by atomic mass is 32.1. The predicted molar refractivity (Wildman–Crippen MR) is 597 cm³/mol. The van der Waals surface area contributed by atoms with Gasteiger partial charge in [-0.3, -0.25) is 9.59 Å². The Morgan fingerprint density at radius 3 is 0.917 bits per heavy atom. The number of carbonyl (C=O) groups is 2. The fourth-order valence-corrected chi connectivity index (χ4v) is 28.9. The maximum Gasteiger partial charge on any atom is 0.261 e. The van der Waals surface area contributed by atoms with E-state index in [4.69, 9.17) is 0 Å². The van der Waals surface area contributed by atoms with Crippen LogP contribution < -0.4 is 0 Å². The zero-order chi connectivity index (χ0) is 94.5. The molecule has 2 aromatic carbocycles. The summed E-state index contributed by atoms with van der Waals surface area (Å²) in [5.74, 6) is 1.40. The normalized spacial score (nSPS) is 14.1. The van der Waals surface area contributed by atoms with Gasteiger partial charge in [0.2, 0.25) is 0 Å². The number of thiophene rings is 6. The van der Waals surface area contributed by atoms with Crippen LogP contribution >= 0.6 is 68.0 Å². The monoisotopic (exact) mass is 1910 g/mol. The molecular weight excluding hydrogens is 1730 g/mol. The number of carbonyl (C=O) groups excluding carboxylic acids is 2. The van der Waals surface area contributed by atoms with Gasteiger partial charge in [-0.05, 0) is 213 Å². The zero-order valence-electron chi connectivity index (χ0n) is 87.1. The topological polar surface area (TPSA) is 45.6 Å². The molecule has 0 bridgehead atoms. The highest BCUT2D eigenvalue weighted by Gasteiger charge is 2.50. The third kappa shape index (κ3) is 30.9. The van der Waals surface area contributed by atoms with Crippen LogP contribution in [-0.2, 0) is 52.6 Å². The lowest BCUT2D eigenvalue weighted by Gasteiger charge is -2.29. The molecular formula is C122H183N3O2S6. The van der Waals surface area contributed by atoms with Gasteiger partial charge in [-0.1, -0.05) is 405 Å². The molecule has 11 heteroatoms. The second-order valence-corrected chi connectivity index (χ2v) is 49.5. The number of amides is 2. The number of unbranched alkanes of at least 4 members (excludes halogenated alkanes) is 36.